The summed E-state index contributed by atoms with van der Waals surface area (Å²) < 4.78 is 40.3. The highest BCUT2D eigenvalue weighted by Crippen LogP contribution is 2.34. The molecule has 0 unspecified atom stereocenters. The molecular formula is C29H33N5O6S. The molecule has 3 aromatic rings. The molecule has 1 fully saturated rings. The SMILES string of the molecule is COCC(=O)N1CCC2(CC1)CNC(=O)c1cccc(c1)S(=O)(=O)Nc1nc(cc(-c3c(C)cccc3C)n1)OC2. The van der Waals surface area contributed by atoms with E-state index in [1.54, 1.807) is 17.0 Å². The third-order valence-corrected chi connectivity index (χ3v) is 8.99. The molecule has 2 aliphatic rings. The van der Waals surface area contributed by atoms with E-state index in [9.17, 15) is 18.0 Å². The molecule has 0 saturated carbocycles. The van der Waals surface area contributed by atoms with E-state index in [0.717, 1.165) is 16.7 Å². The summed E-state index contributed by atoms with van der Waals surface area (Å²) in [6.07, 6.45) is 1.16. The van der Waals surface area contributed by atoms with Crippen LogP contribution in [-0.4, -0.2) is 75.1 Å². The Hall–Kier alpha value is -4.03. The van der Waals surface area contributed by atoms with Crippen LogP contribution in [0.4, 0.5) is 5.95 Å². The van der Waals surface area contributed by atoms with Gasteiger partial charge in [-0.2, -0.15) is 4.98 Å². The van der Waals surface area contributed by atoms with Gasteiger partial charge in [-0.25, -0.2) is 18.1 Å². The number of ether oxygens (including phenoxy) is 2. The Bertz CT molecular complexity index is 1560. The number of carbonyl (C=O) groups excluding carboxylic acids is 2. The minimum Gasteiger partial charge on any atom is -0.477 e. The fourth-order valence-corrected chi connectivity index (χ4v) is 6.28. The maximum atomic E-state index is 13.3. The van der Waals surface area contributed by atoms with Crippen molar-refractivity contribution in [2.45, 2.75) is 31.6 Å². The molecule has 3 heterocycles. The Labute approximate surface area is 239 Å². The molecule has 2 amide bonds. The summed E-state index contributed by atoms with van der Waals surface area (Å²) in [5.74, 6) is -0.426. The summed E-state index contributed by atoms with van der Waals surface area (Å²) in [6.45, 7) is 5.37. The van der Waals surface area contributed by atoms with Crippen LogP contribution in [0.15, 0.2) is 53.4 Å². The van der Waals surface area contributed by atoms with Crippen molar-refractivity contribution in [3.8, 4) is 17.1 Å². The van der Waals surface area contributed by atoms with Crippen LogP contribution in [0, 0.1) is 19.3 Å². The average Bonchev–Trinajstić information content (AvgIpc) is 2.95. The van der Waals surface area contributed by atoms with Gasteiger partial charge in [-0.15, -0.1) is 0 Å². The number of nitrogens with one attached hydrogen (secondary N) is 2. The van der Waals surface area contributed by atoms with Gasteiger partial charge in [0.25, 0.3) is 15.9 Å². The lowest BCUT2D eigenvalue weighted by Gasteiger charge is -2.41. The van der Waals surface area contributed by atoms with Crippen molar-refractivity contribution in [1.82, 2.24) is 20.2 Å². The first-order valence-electron chi connectivity index (χ1n) is 13.4. The van der Waals surface area contributed by atoms with E-state index in [4.69, 9.17) is 9.47 Å². The van der Waals surface area contributed by atoms with Crippen LogP contribution >= 0.6 is 0 Å². The van der Waals surface area contributed by atoms with Gasteiger partial charge in [0, 0.05) is 49.4 Å². The highest BCUT2D eigenvalue weighted by atomic mass is 32.2. The molecule has 4 bridgehead atoms. The number of nitrogens with zero attached hydrogens (tertiary/aromatic N) is 3. The van der Waals surface area contributed by atoms with Gasteiger partial charge in [-0.05, 0) is 56.0 Å². The van der Waals surface area contributed by atoms with Crippen LogP contribution in [-0.2, 0) is 19.6 Å². The molecule has 2 aliphatic heterocycles. The summed E-state index contributed by atoms with van der Waals surface area (Å²) in [7, 11) is -2.63. The number of sulfonamides is 1. The van der Waals surface area contributed by atoms with E-state index in [1.807, 2.05) is 32.0 Å². The highest BCUT2D eigenvalue weighted by Gasteiger charge is 2.38. The Balaban J connectivity index is 1.56. The van der Waals surface area contributed by atoms with Crippen LogP contribution in [0.3, 0.4) is 0 Å². The van der Waals surface area contributed by atoms with Crippen molar-refractivity contribution in [1.29, 1.82) is 0 Å². The molecular weight excluding hydrogens is 546 g/mol. The smallest absolute Gasteiger partial charge is 0.264 e. The van der Waals surface area contributed by atoms with E-state index >= 15 is 0 Å². The van der Waals surface area contributed by atoms with E-state index in [-0.39, 0.29) is 48.0 Å². The van der Waals surface area contributed by atoms with Crippen LogP contribution in [0.1, 0.15) is 34.3 Å². The molecule has 11 nitrogen and oxygen atoms in total. The van der Waals surface area contributed by atoms with Crippen molar-refractivity contribution in [2.24, 2.45) is 5.41 Å². The standard InChI is InChI=1S/C29H33N5O6S/c1-19-6-4-7-20(2)26(19)23-15-24-32-28(31-23)33-41(37,38)22-9-5-8-21(14-22)27(36)30-17-29(18-40-24)10-12-34(13-11-29)25(35)16-39-3/h4-9,14-15H,10-13,16-18H2,1-3H3,(H,30,36)(H,31,32,33). The van der Waals surface area contributed by atoms with Gasteiger partial charge >= 0.3 is 0 Å². The molecule has 12 heteroatoms. The van der Waals surface area contributed by atoms with Crippen LogP contribution in [0.2, 0.25) is 0 Å². The minimum absolute atomic E-state index is 0.0112. The number of likely N-dealkylation sites (tertiary alicyclic amines) is 1. The number of benzene rings is 2. The topological polar surface area (TPSA) is 140 Å². The molecule has 216 valence electrons. The molecule has 2 N–H and O–H groups in total. The van der Waals surface area contributed by atoms with Gasteiger partial charge in [0.2, 0.25) is 17.7 Å². The fourth-order valence-electron chi connectivity index (χ4n) is 5.29. The van der Waals surface area contributed by atoms with Crippen molar-refractivity contribution in [3.63, 3.8) is 0 Å². The number of aromatic nitrogens is 2. The molecule has 0 radical (unpaired) electrons. The zero-order valence-corrected chi connectivity index (χ0v) is 24.1. The number of rotatable bonds is 3. The Morgan fingerprint density at radius 2 is 1.78 bits per heavy atom. The lowest BCUT2D eigenvalue weighted by atomic mass is 9.78. The Morgan fingerprint density at radius 3 is 2.49 bits per heavy atom. The molecule has 1 saturated heterocycles. The maximum absolute atomic E-state index is 13.3. The van der Waals surface area contributed by atoms with E-state index in [2.05, 4.69) is 20.0 Å². The monoisotopic (exact) mass is 579 g/mol. The molecule has 41 heavy (non-hydrogen) atoms. The number of fused-ring (bicyclic) bond motifs is 4. The molecule has 1 spiro atoms. The van der Waals surface area contributed by atoms with Gasteiger partial charge < -0.3 is 19.7 Å². The van der Waals surface area contributed by atoms with Crippen LogP contribution in [0.25, 0.3) is 11.3 Å². The fraction of sp³-hybridized carbons (Fsp3) is 0.379. The zero-order valence-electron chi connectivity index (χ0n) is 23.3. The van der Waals surface area contributed by atoms with Gasteiger partial charge in [0.05, 0.1) is 17.2 Å². The Kier molecular flexibility index (Phi) is 7.96. The number of methoxy groups -OCH3 is 1. The van der Waals surface area contributed by atoms with Crippen LogP contribution < -0.4 is 14.8 Å². The minimum atomic E-state index is -4.11. The third kappa shape index (κ3) is 6.18. The molecule has 0 aliphatic carbocycles. The molecule has 1 aromatic heterocycles. The number of aryl methyl sites for hydroxylation is 2. The number of piperidine rings is 1. The molecule has 0 atom stereocenters. The van der Waals surface area contributed by atoms with Gasteiger partial charge in [0.1, 0.15) is 6.61 Å². The second-order valence-corrected chi connectivity index (χ2v) is 12.3. The zero-order chi connectivity index (χ0) is 29.2. The molecule has 2 aromatic carbocycles. The largest absolute Gasteiger partial charge is 0.477 e. The summed E-state index contributed by atoms with van der Waals surface area (Å²) >= 11 is 0. The van der Waals surface area contributed by atoms with Gasteiger partial charge in [-0.1, -0.05) is 24.3 Å². The first-order valence-corrected chi connectivity index (χ1v) is 14.8. The van der Waals surface area contributed by atoms with Crippen molar-refractivity contribution in [2.75, 3.05) is 44.7 Å². The number of hydrogen-bond acceptors (Lipinski definition) is 8. The summed E-state index contributed by atoms with van der Waals surface area (Å²) in [5.41, 5.74) is 3.03. The summed E-state index contributed by atoms with van der Waals surface area (Å²) in [6, 6.07) is 13.4. The number of hydrogen-bond donors (Lipinski definition) is 2. The van der Waals surface area contributed by atoms with Crippen LogP contribution in [0.5, 0.6) is 5.88 Å². The van der Waals surface area contributed by atoms with Gasteiger partial charge in [0.15, 0.2) is 0 Å². The van der Waals surface area contributed by atoms with E-state index in [1.165, 1.54) is 25.3 Å². The second kappa shape index (κ2) is 11.5. The number of carbonyl (C=O) groups is 2. The first kappa shape index (κ1) is 28.5. The van der Waals surface area contributed by atoms with Crippen molar-refractivity contribution < 1.29 is 27.5 Å². The van der Waals surface area contributed by atoms with Crippen molar-refractivity contribution >= 4 is 27.8 Å². The van der Waals surface area contributed by atoms with Crippen molar-refractivity contribution in [3.05, 3.63) is 65.2 Å². The highest BCUT2D eigenvalue weighted by molar-refractivity contribution is 7.92. The van der Waals surface area contributed by atoms with E-state index < -0.39 is 21.3 Å². The number of anilines is 1. The lowest BCUT2D eigenvalue weighted by Crippen LogP contribution is -2.51. The maximum Gasteiger partial charge on any atom is 0.264 e. The average molecular weight is 580 g/mol. The summed E-state index contributed by atoms with van der Waals surface area (Å²) in [5, 5.41) is 2.97. The second-order valence-electron chi connectivity index (χ2n) is 10.6. The third-order valence-electron chi connectivity index (χ3n) is 7.67. The number of amides is 2. The Morgan fingerprint density at radius 1 is 1.07 bits per heavy atom. The van der Waals surface area contributed by atoms with E-state index in [0.29, 0.717) is 31.6 Å². The molecule has 5 rings (SSSR count). The van der Waals surface area contributed by atoms with Gasteiger partial charge in [-0.3, -0.25) is 9.59 Å². The quantitative estimate of drug-likeness (QED) is 0.483. The lowest BCUT2D eigenvalue weighted by molar-refractivity contribution is -0.137. The normalized spacial score (nSPS) is 18.0. The predicted octanol–water partition coefficient (Wildman–Crippen LogP) is 2.94. The summed E-state index contributed by atoms with van der Waals surface area (Å²) in [4.78, 5) is 36.1. The predicted molar refractivity (Wildman–Crippen MR) is 152 cm³/mol. The first-order chi connectivity index (χ1) is 19.6.